The summed E-state index contributed by atoms with van der Waals surface area (Å²) in [7, 11) is 2.68. The number of carbonyl (C=O) groups is 3. The number of nitrogens with one attached hydrogen (secondary N) is 3. The van der Waals surface area contributed by atoms with E-state index in [1.165, 1.54) is 20.6 Å². The molecule has 7 rings (SSSR count). The summed E-state index contributed by atoms with van der Waals surface area (Å²) in [6.07, 6.45) is 5.88. The number of H-pyrrole nitrogens is 2. The number of aromatic amines is 2. The minimum Gasteiger partial charge on any atom is -0.453 e. The molecule has 330 valence electrons. The first-order valence-corrected chi connectivity index (χ1v) is 20.1. The van der Waals surface area contributed by atoms with Crippen molar-refractivity contribution in [1.82, 2.24) is 35.1 Å². The zero-order valence-electron chi connectivity index (χ0n) is 35.5. The Morgan fingerprint density at radius 1 is 0.903 bits per heavy atom. The summed E-state index contributed by atoms with van der Waals surface area (Å²) < 4.78 is 4.95. The highest BCUT2D eigenvalue weighted by Crippen LogP contribution is 2.38. The second-order valence-corrected chi connectivity index (χ2v) is 15.2. The molecule has 4 atom stereocenters. The van der Waals surface area contributed by atoms with Crippen LogP contribution in [0.5, 0.6) is 0 Å². The highest BCUT2D eigenvalue weighted by Gasteiger charge is 2.47. The van der Waals surface area contributed by atoms with Crippen molar-refractivity contribution in [2.24, 2.45) is 10.9 Å². The fourth-order valence-electron chi connectivity index (χ4n) is 8.11. The second kappa shape index (κ2) is 22.1. The van der Waals surface area contributed by atoms with Gasteiger partial charge in [-0.15, -0.1) is 0 Å². The summed E-state index contributed by atoms with van der Waals surface area (Å²) in [5, 5.41) is 2.87. The quantitative estimate of drug-likeness (QED) is 0.0386. The maximum atomic E-state index is 14.5. The van der Waals surface area contributed by atoms with E-state index in [0.29, 0.717) is 30.9 Å². The molecule has 0 bridgehead atoms. The molecule has 3 amide bonds. The first kappa shape index (κ1) is 49.2. The molecule has 14 nitrogen and oxygen atoms in total. The summed E-state index contributed by atoms with van der Waals surface area (Å²) in [6.45, 7) is 6.98. The molecule has 4 heterocycles. The normalized spacial score (nSPS) is 17.3. The predicted molar refractivity (Wildman–Crippen MR) is 254 cm³/mol. The average molecular weight is 901 g/mol. The van der Waals surface area contributed by atoms with Crippen LogP contribution in [-0.2, 0) is 29.6 Å². The molecule has 3 aromatic carbocycles. The number of benzene rings is 3. The van der Waals surface area contributed by atoms with E-state index in [0.717, 1.165) is 64.9 Å². The van der Waals surface area contributed by atoms with Gasteiger partial charge in [-0.25, -0.2) is 19.8 Å². The van der Waals surface area contributed by atoms with Gasteiger partial charge in [-0.3, -0.25) is 9.59 Å². The fraction of sp³-hybridized carbons (Fsp3) is 0.378. The number of likely N-dealkylation sites (tertiary alicyclic amines) is 2. The third-order valence-electron chi connectivity index (χ3n) is 11.2. The van der Waals surface area contributed by atoms with E-state index < -0.39 is 17.7 Å². The van der Waals surface area contributed by atoms with E-state index in [1.807, 2.05) is 103 Å². The van der Waals surface area contributed by atoms with Crippen molar-refractivity contribution in [3.8, 4) is 23.1 Å². The Labute approximate surface area is 383 Å². The topological polar surface area (TPSA) is 167 Å². The molecule has 17 heteroatoms. The van der Waals surface area contributed by atoms with Crippen LogP contribution in [-0.4, -0.2) is 87.4 Å². The Morgan fingerprint density at radius 2 is 1.56 bits per heavy atom. The Balaban J connectivity index is 0.00000282. The van der Waals surface area contributed by atoms with Crippen molar-refractivity contribution in [2.75, 3.05) is 27.3 Å². The molecular weight excluding hydrogens is 845 g/mol. The van der Waals surface area contributed by atoms with Crippen LogP contribution in [0.15, 0.2) is 84.0 Å². The van der Waals surface area contributed by atoms with Crippen LogP contribution >= 0.6 is 40.5 Å². The molecule has 0 spiro atoms. The van der Waals surface area contributed by atoms with Crippen LogP contribution in [0.3, 0.4) is 0 Å². The molecule has 2 aromatic heterocycles. The molecule has 2 aliphatic heterocycles. The number of aliphatic imine (C=N–C) groups is 1. The number of ether oxygens (including phenoxy) is 1. The van der Waals surface area contributed by atoms with Crippen molar-refractivity contribution < 1.29 is 28.9 Å². The molecule has 5 aromatic rings. The first-order chi connectivity index (χ1) is 28.6. The number of nitrogens with zero attached hydrogens (tertiary/aromatic N) is 5. The number of amides is 3. The molecule has 0 radical (unpaired) electrons. The monoisotopic (exact) mass is 900 g/mol. The molecule has 2 aliphatic rings. The Morgan fingerprint density at radius 3 is 2.23 bits per heavy atom. The SMILES string of the molecule is CCC(NC(=O)OC)(C(=O)N1CCC[C@H]1c1nc2ccc(C#Cc3ccc(-c4cnc([C@@H]5CCCN5C(=O)[C@@H](N=COOC)C(C)C)[nH]4)cc3)cc2[nH]1)c1ccccc1.S.S.S. The zero-order valence-corrected chi connectivity index (χ0v) is 38.5. The smallest absolute Gasteiger partial charge is 0.407 e. The summed E-state index contributed by atoms with van der Waals surface area (Å²) in [5.41, 5.74) is 4.48. The lowest BCUT2D eigenvalue weighted by atomic mass is 9.85. The summed E-state index contributed by atoms with van der Waals surface area (Å²) >= 11 is 0. The summed E-state index contributed by atoms with van der Waals surface area (Å²) in [5.74, 6) is 7.71. The van der Waals surface area contributed by atoms with Crippen LogP contribution in [0.25, 0.3) is 22.3 Å². The number of methoxy groups -OCH3 is 1. The maximum absolute atomic E-state index is 14.5. The number of rotatable bonds is 12. The standard InChI is InChI=1S/C45H50N8O6.3H2S/c1-6-45(51-44(56)57-4,33-12-8-7-9-13-33)43(55)53-25-11-15-38(53)41-48-34-23-20-31(26-35(34)49-41)17-16-30-18-21-32(22-19-30)36-27-46-40(50-36)37-14-10-24-52(37)42(54)39(29(2)3)47-28-59-58-5;;;/h7-9,12-13,18-23,26-29,37-39H,6,10-11,14-15,24-25H2,1-5H3,(H,46,50)(H,48,49)(H,51,56);3*1H2/t37-,38-,39-,45?;;;/m0.../s1. The molecule has 2 fully saturated rings. The molecule has 2 saturated heterocycles. The van der Waals surface area contributed by atoms with E-state index >= 15 is 0 Å². The van der Waals surface area contributed by atoms with Crippen LogP contribution < -0.4 is 5.32 Å². The average Bonchev–Trinajstić information content (AvgIpc) is 4.10. The molecule has 1 unspecified atom stereocenters. The van der Waals surface area contributed by atoms with Crippen molar-refractivity contribution in [1.29, 1.82) is 0 Å². The molecule has 0 saturated carbocycles. The number of carbonyl (C=O) groups excluding carboxylic acids is 3. The number of aromatic nitrogens is 4. The third kappa shape index (κ3) is 10.4. The Kier molecular flexibility index (Phi) is 17.6. The van der Waals surface area contributed by atoms with Crippen LogP contribution in [0, 0.1) is 17.8 Å². The number of hydrogen-bond donors (Lipinski definition) is 3. The van der Waals surface area contributed by atoms with Crippen LogP contribution in [0.4, 0.5) is 4.79 Å². The number of alkyl carbamates (subject to hydrolysis) is 1. The lowest BCUT2D eigenvalue weighted by Gasteiger charge is -2.37. The van der Waals surface area contributed by atoms with Gasteiger partial charge in [-0.1, -0.05) is 75.1 Å². The minimum absolute atomic E-state index is 0. The van der Waals surface area contributed by atoms with E-state index in [1.54, 1.807) is 6.20 Å². The maximum Gasteiger partial charge on any atom is 0.407 e. The van der Waals surface area contributed by atoms with Gasteiger partial charge >= 0.3 is 6.09 Å². The second-order valence-electron chi connectivity index (χ2n) is 15.2. The molecule has 3 N–H and O–H groups in total. The van der Waals surface area contributed by atoms with Crippen LogP contribution in [0.1, 0.15) is 93.3 Å². The third-order valence-corrected chi connectivity index (χ3v) is 11.2. The predicted octanol–water partition coefficient (Wildman–Crippen LogP) is 7.31. The lowest BCUT2D eigenvalue weighted by molar-refractivity contribution is -0.188. The van der Waals surface area contributed by atoms with Gasteiger partial charge in [0.2, 0.25) is 12.3 Å². The highest BCUT2D eigenvalue weighted by molar-refractivity contribution is 7.59. The summed E-state index contributed by atoms with van der Waals surface area (Å²) in [6, 6.07) is 22.1. The first-order valence-electron chi connectivity index (χ1n) is 20.1. The van der Waals surface area contributed by atoms with E-state index in [4.69, 9.17) is 14.6 Å². The van der Waals surface area contributed by atoms with Crippen molar-refractivity contribution >= 4 is 75.8 Å². The van der Waals surface area contributed by atoms with E-state index in [9.17, 15) is 14.4 Å². The van der Waals surface area contributed by atoms with Gasteiger partial charge in [0.05, 0.1) is 49.2 Å². The zero-order chi connectivity index (χ0) is 41.5. The Hall–Kier alpha value is -5.41. The van der Waals surface area contributed by atoms with E-state index in [-0.39, 0.29) is 70.3 Å². The van der Waals surface area contributed by atoms with Gasteiger partial charge in [-0.2, -0.15) is 45.4 Å². The molecule has 62 heavy (non-hydrogen) atoms. The van der Waals surface area contributed by atoms with Crippen molar-refractivity contribution in [3.63, 3.8) is 0 Å². The van der Waals surface area contributed by atoms with Crippen LogP contribution in [0.2, 0.25) is 0 Å². The van der Waals surface area contributed by atoms with Gasteiger partial charge < -0.3 is 34.7 Å². The van der Waals surface area contributed by atoms with Gasteiger partial charge in [-0.05, 0) is 79.5 Å². The number of hydrogen-bond acceptors (Lipinski definition) is 9. The largest absolute Gasteiger partial charge is 0.453 e. The summed E-state index contributed by atoms with van der Waals surface area (Å²) in [4.78, 5) is 74.5. The van der Waals surface area contributed by atoms with Gasteiger partial charge in [0.15, 0.2) is 0 Å². The van der Waals surface area contributed by atoms with Gasteiger partial charge in [0.1, 0.15) is 23.2 Å². The van der Waals surface area contributed by atoms with Crippen molar-refractivity contribution in [3.05, 3.63) is 107 Å². The lowest BCUT2D eigenvalue weighted by Crippen LogP contribution is -2.57. The van der Waals surface area contributed by atoms with E-state index in [2.05, 4.69) is 42.0 Å². The highest BCUT2D eigenvalue weighted by atomic mass is 32.1. The fourth-order valence-corrected chi connectivity index (χ4v) is 8.11. The Bertz CT molecular complexity index is 2380. The number of fused-ring (bicyclic) bond motifs is 1. The van der Waals surface area contributed by atoms with Gasteiger partial charge in [0, 0.05) is 24.2 Å². The minimum atomic E-state index is -1.29. The van der Waals surface area contributed by atoms with Gasteiger partial charge in [0.25, 0.3) is 5.91 Å². The molecular formula is C45H56N8O6S3. The van der Waals surface area contributed by atoms with Crippen molar-refractivity contribution in [2.45, 2.75) is 76.5 Å². The molecule has 0 aliphatic carbocycles. The number of imidazole rings is 2.